The number of amides is 1. The zero-order valence-electron chi connectivity index (χ0n) is 16.8. The summed E-state index contributed by atoms with van der Waals surface area (Å²) in [4.78, 5) is 19.5. The lowest BCUT2D eigenvalue weighted by molar-refractivity contribution is -0.148. The van der Waals surface area contributed by atoms with Crippen LogP contribution in [0.5, 0.6) is 11.5 Å². The summed E-state index contributed by atoms with van der Waals surface area (Å²) in [6.07, 6.45) is 3.03. The molecule has 0 radical (unpaired) electrons. The van der Waals surface area contributed by atoms with E-state index in [1.165, 1.54) is 0 Å². The van der Waals surface area contributed by atoms with Crippen molar-refractivity contribution in [1.82, 2.24) is 9.88 Å². The molecule has 0 saturated heterocycles. The van der Waals surface area contributed by atoms with Crippen molar-refractivity contribution < 1.29 is 14.6 Å². The molecule has 2 heterocycles. The first-order valence-corrected chi connectivity index (χ1v) is 9.48. The smallest absolute Gasteiger partial charge is 0.266 e. The van der Waals surface area contributed by atoms with E-state index in [4.69, 9.17) is 4.74 Å². The molecule has 1 aromatic heterocycles. The van der Waals surface area contributed by atoms with Crippen LogP contribution >= 0.6 is 0 Å². The third kappa shape index (κ3) is 3.38. The van der Waals surface area contributed by atoms with Gasteiger partial charge in [-0.3, -0.25) is 9.78 Å². The van der Waals surface area contributed by atoms with E-state index in [9.17, 15) is 9.90 Å². The topological polar surface area (TPSA) is 62.7 Å². The molecule has 1 aliphatic rings. The highest BCUT2D eigenvalue weighted by Gasteiger charge is 2.42. The number of hydrogen-bond donors (Lipinski definition) is 1. The lowest BCUT2D eigenvalue weighted by atomic mass is 9.86. The lowest BCUT2D eigenvalue weighted by Crippen LogP contribution is -2.52. The van der Waals surface area contributed by atoms with E-state index in [2.05, 4.69) is 4.98 Å². The predicted octanol–water partition coefficient (Wildman–Crippen LogP) is 3.84. The molecule has 1 amide bonds. The van der Waals surface area contributed by atoms with Crippen LogP contribution in [-0.2, 0) is 17.8 Å². The molecule has 0 spiro atoms. The first kappa shape index (κ1) is 19.2. The van der Waals surface area contributed by atoms with E-state index < -0.39 is 5.60 Å². The maximum Gasteiger partial charge on any atom is 0.266 e. The molecule has 5 nitrogen and oxygen atoms in total. The maximum absolute atomic E-state index is 13.3. The second kappa shape index (κ2) is 7.22. The summed E-state index contributed by atoms with van der Waals surface area (Å²) in [5.74, 6) is 1.05. The second-order valence-corrected chi connectivity index (χ2v) is 7.50. The van der Waals surface area contributed by atoms with Crippen LogP contribution in [0.15, 0.2) is 24.4 Å². The van der Waals surface area contributed by atoms with Gasteiger partial charge in [-0.05, 0) is 69.9 Å². The van der Waals surface area contributed by atoms with E-state index in [1.54, 1.807) is 11.1 Å². The fraction of sp³-hybridized carbons (Fsp3) is 0.455. The lowest BCUT2D eigenvalue weighted by Gasteiger charge is -2.39. The molecule has 1 N–H and O–H groups in total. The molecule has 1 aromatic carbocycles. The Morgan fingerprint density at radius 3 is 2.63 bits per heavy atom. The minimum atomic E-state index is -0.918. The SMILES string of the molecule is CCN(Cc1ccccn1)C(=O)C1(C)CCc2c(C)c(O)c(C)c(C)c2O1. The van der Waals surface area contributed by atoms with Gasteiger partial charge in [0, 0.05) is 24.7 Å². The van der Waals surface area contributed by atoms with Crippen LogP contribution in [0.4, 0.5) is 0 Å². The highest BCUT2D eigenvalue weighted by atomic mass is 16.5. The molecule has 2 aromatic rings. The summed E-state index contributed by atoms with van der Waals surface area (Å²) in [6.45, 7) is 10.6. The van der Waals surface area contributed by atoms with E-state index in [0.29, 0.717) is 31.7 Å². The van der Waals surface area contributed by atoms with Crippen LogP contribution < -0.4 is 4.74 Å². The number of rotatable bonds is 4. The minimum absolute atomic E-state index is 0.0240. The van der Waals surface area contributed by atoms with Gasteiger partial charge in [-0.25, -0.2) is 0 Å². The monoisotopic (exact) mass is 368 g/mol. The molecule has 5 heteroatoms. The Morgan fingerprint density at radius 2 is 2.00 bits per heavy atom. The maximum atomic E-state index is 13.3. The molecular weight excluding hydrogens is 340 g/mol. The molecule has 3 rings (SSSR count). The van der Waals surface area contributed by atoms with Crippen molar-refractivity contribution in [1.29, 1.82) is 0 Å². The molecule has 1 atom stereocenters. The summed E-state index contributed by atoms with van der Waals surface area (Å²) in [7, 11) is 0. The number of phenols is 1. The average Bonchev–Trinajstić information content (AvgIpc) is 2.69. The number of benzene rings is 1. The van der Waals surface area contributed by atoms with Crippen molar-refractivity contribution >= 4 is 5.91 Å². The summed E-state index contributed by atoms with van der Waals surface area (Å²) < 4.78 is 6.33. The summed E-state index contributed by atoms with van der Waals surface area (Å²) in [5, 5.41) is 10.3. The quantitative estimate of drug-likeness (QED) is 0.890. The van der Waals surface area contributed by atoms with E-state index in [1.807, 2.05) is 52.8 Å². The van der Waals surface area contributed by atoms with Gasteiger partial charge >= 0.3 is 0 Å². The van der Waals surface area contributed by atoms with Gasteiger partial charge in [-0.2, -0.15) is 0 Å². The van der Waals surface area contributed by atoms with Crippen LogP contribution in [0.2, 0.25) is 0 Å². The molecule has 1 aliphatic heterocycles. The fourth-order valence-electron chi connectivity index (χ4n) is 3.75. The largest absolute Gasteiger partial charge is 0.507 e. The van der Waals surface area contributed by atoms with Gasteiger partial charge in [-0.1, -0.05) is 6.07 Å². The first-order chi connectivity index (χ1) is 12.8. The zero-order chi connectivity index (χ0) is 19.8. The predicted molar refractivity (Wildman–Crippen MR) is 105 cm³/mol. The molecule has 0 bridgehead atoms. The van der Waals surface area contributed by atoms with Crippen LogP contribution in [-0.4, -0.2) is 33.0 Å². The third-order valence-corrected chi connectivity index (χ3v) is 5.72. The van der Waals surface area contributed by atoms with Crippen molar-refractivity contribution in [2.24, 2.45) is 0 Å². The highest BCUT2D eigenvalue weighted by molar-refractivity contribution is 5.86. The van der Waals surface area contributed by atoms with Gasteiger partial charge in [0.25, 0.3) is 5.91 Å². The normalized spacial score (nSPS) is 18.6. The van der Waals surface area contributed by atoms with Gasteiger partial charge in [0.2, 0.25) is 0 Å². The number of nitrogens with zero attached hydrogens (tertiary/aromatic N) is 2. The number of fused-ring (bicyclic) bond motifs is 1. The molecule has 0 aliphatic carbocycles. The van der Waals surface area contributed by atoms with Gasteiger partial charge in [-0.15, -0.1) is 0 Å². The Kier molecular flexibility index (Phi) is 5.13. The standard InChI is InChI=1S/C22H28N2O3/c1-6-24(13-17-9-7-8-12-23-17)21(26)22(5)11-10-18-16(4)19(25)14(2)15(3)20(18)27-22/h7-9,12,25H,6,10-11,13H2,1-5H3. The van der Waals surface area contributed by atoms with Crippen LogP contribution in [0.25, 0.3) is 0 Å². The summed E-state index contributed by atoms with van der Waals surface area (Å²) in [5.41, 5.74) is 3.51. The fourth-order valence-corrected chi connectivity index (χ4v) is 3.75. The Labute approximate surface area is 161 Å². The van der Waals surface area contributed by atoms with Crippen molar-refractivity contribution in [3.8, 4) is 11.5 Å². The Balaban J connectivity index is 1.90. The molecule has 27 heavy (non-hydrogen) atoms. The van der Waals surface area contributed by atoms with Crippen molar-refractivity contribution in [2.45, 2.75) is 59.6 Å². The summed E-state index contributed by atoms with van der Waals surface area (Å²) in [6, 6.07) is 5.72. The molecule has 0 fully saturated rings. The molecule has 1 unspecified atom stereocenters. The highest BCUT2D eigenvalue weighted by Crippen LogP contribution is 2.43. The zero-order valence-corrected chi connectivity index (χ0v) is 16.8. The number of ether oxygens (including phenoxy) is 1. The number of aromatic hydroxyl groups is 1. The number of hydrogen-bond acceptors (Lipinski definition) is 4. The van der Waals surface area contributed by atoms with E-state index in [0.717, 1.165) is 33.7 Å². The van der Waals surface area contributed by atoms with Crippen LogP contribution in [0, 0.1) is 20.8 Å². The van der Waals surface area contributed by atoms with Gasteiger partial charge in [0.1, 0.15) is 11.5 Å². The number of carbonyl (C=O) groups excluding carboxylic acids is 1. The Hall–Kier alpha value is -2.56. The van der Waals surface area contributed by atoms with Gasteiger partial charge < -0.3 is 14.7 Å². The van der Waals surface area contributed by atoms with Crippen molar-refractivity contribution in [3.63, 3.8) is 0 Å². The number of carbonyl (C=O) groups is 1. The first-order valence-electron chi connectivity index (χ1n) is 9.48. The second-order valence-electron chi connectivity index (χ2n) is 7.50. The van der Waals surface area contributed by atoms with Gasteiger partial charge in [0.15, 0.2) is 5.60 Å². The van der Waals surface area contributed by atoms with E-state index >= 15 is 0 Å². The minimum Gasteiger partial charge on any atom is -0.507 e. The summed E-state index contributed by atoms with van der Waals surface area (Å²) >= 11 is 0. The Morgan fingerprint density at radius 1 is 1.26 bits per heavy atom. The number of pyridine rings is 1. The Bertz CT molecular complexity index is 864. The van der Waals surface area contributed by atoms with Crippen molar-refractivity contribution in [2.75, 3.05) is 6.54 Å². The van der Waals surface area contributed by atoms with Crippen LogP contribution in [0.1, 0.15) is 48.2 Å². The molecular formula is C22H28N2O3. The molecule has 0 saturated carbocycles. The van der Waals surface area contributed by atoms with E-state index in [-0.39, 0.29) is 5.91 Å². The number of aromatic nitrogens is 1. The van der Waals surface area contributed by atoms with Crippen molar-refractivity contribution in [3.05, 3.63) is 52.3 Å². The van der Waals surface area contributed by atoms with Gasteiger partial charge in [0.05, 0.1) is 12.2 Å². The number of likely N-dealkylation sites (N-methyl/N-ethyl adjacent to an activating group) is 1. The third-order valence-electron chi connectivity index (χ3n) is 5.72. The average molecular weight is 368 g/mol. The molecule has 144 valence electrons. The van der Waals surface area contributed by atoms with Crippen LogP contribution in [0.3, 0.4) is 0 Å². The number of phenolic OH excluding ortho intramolecular Hbond substituents is 1.